The van der Waals surface area contributed by atoms with Crippen LogP contribution in [0.1, 0.15) is 46.2 Å². The maximum absolute atomic E-state index is 14.0. The number of nitrogens with zero attached hydrogens (tertiary/aromatic N) is 7. The second-order valence-electron chi connectivity index (χ2n) is 12.1. The van der Waals surface area contributed by atoms with E-state index < -0.39 is 0 Å². The number of aromatic nitrogens is 4. The molecule has 3 aromatic heterocycles. The second kappa shape index (κ2) is 13.4. The first kappa shape index (κ1) is 32.6. The highest BCUT2D eigenvalue weighted by atomic mass is 35.5. The fourth-order valence-corrected chi connectivity index (χ4v) is 6.64. The third-order valence-electron chi connectivity index (χ3n) is 9.24. The molecule has 0 N–H and O–H groups in total. The Balaban J connectivity index is 1.33. The molecule has 48 heavy (non-hydrogen) atoms. The number of methoxy groups -OCH3 is 1. The van der Waals surface area contributed by atoms with Gasteiger partial charge in [0.25, 0.3) is 5.91 Å². The van der Waals surface area contributed by atoms with Crippen LogP contribution in [0, 0.1) is 30.1 Å². The summed E-state index contributed by atoms with van der Waals surface area (Å²) in [5, 5.41) is 11.0. The predicted octanol–water partition coefficient (Wildman–Crippen LogP) is 5.67. The van der Waals surface area contributed by atoms with Crippen molar-refractivity contribution in [2.45, 2.75) is 33.1 Å². The number of amides is 1. The maximum Gasteiger partial charge on any atom is 0.335 e. The van der Waals surface area contributed by atoms with Gasteiger partial charge in [-0.2, -0.15) is 10.2 Å². The van der Waals surface area contributed by atoms with Crippen LogP contribution < -0.4 is 4.74 Å². The number of benzene rings is 2. The van der Waals surface area contributed by atoms with Gasteiger partial charge in [0.1, 0.15) is 17.6 Å². The Morgan fingerprint density at radius 3 is 2.60 bits per heavy atom. The second-order valence-corrected chi connectivity index (χ2v) is 12.6. The first-order valence-electron chi connectivity index (χ1n) is 15.7. The molecule has 2 aromatic carbocycles. The summed E-state index contributed by atoms with van der Waals surface area (Å²) in [4.78, 5) is 50.9. The minimum atomic E-state index is -0.231. The van der Waals surface area contributed by atoms with E-state index in [1.165, 1.54) is 10.9 Å². The number of fused-ring (bicyclic) bond motifs is 2. The van der Waals surface area contributed by atoms with E-state index in [9.17, 15) is 14.4 Å². The Kier molecular flexibility index (Phi) is 9.11. The first-order chi connectivity index (χ1) is 23.1. The lowest BCUT2D eigenvalue weighted by Gasteiger charge is -2.34. The average molecular weight is 665 g/mol. The summed E-state index contributed by atoms with van der Waals surface area (Å²) in [5.74, 6) is 1.02. The molecule has 0 radical (unpaired) electrons. The van der Waals surface area contributed by atoms with E-state index in [4.69, 9.17) is 21.6 Å². The van der Waals surface area contributed by atoms with Crippen LogP contribution in [0.5, 0.6) is 5.75 Å². The van der Waals surface area contributed by atoms with E-state index in [2.05, 4.69) is 23.1 Å². The molecule has 5 aromatic rings. The Bertz CT molecular complexity index is 2140. The van der Waals surface area contributed by atoms with E-state index in [0.29, 0.717) is 69.0 Å². The molecule has 1 unspecified atom stereocenters. The maximum atomic E-state index is 14.0. The van der Waals surface area contributed by atoms with Crippen molar-refractivity contribution in [3.8, 4) is 11.8 Å². The van der Waals surface area contributed by atoms with Crippen molar-refractivity contribution in [1.29, 1.82) is 5.26 Å². The molecule has 4 heterocycles. The molecule has 0 aliphatic carbocycles. The molecule has 6 rings (SSSR count). The number of hydrogen-bond acceptors (Lipinski definition) is 7. The summed E-state index contributed by atoms with van der Waals surface area (Å²) in [5.41, 5.74) is 2.96. The van der Waals surface area contributed by atoms with Crippen LogP contribution in [-0.2, 0) is 11.2 Å². The highest BCUT2D eigenvalue weighted by molar-refractivity contribution is 6.30. The number of rotatable bonds is 7. The van der Waals surface area contributed by atoms with Gasteiger partial charge in [-0.1, -0.05) is 18.5 Å². The van der Waals surface area contributed by atoms with Crippen LogP contribution >= 0.6 is 11.6 Å². The van der Waals surface area contributed by atoms with Gasteiger partial charge in [0.15, 0.2) is 5.65 Å². The Labute approximate surface area is 282 Å². The molecular weight excluding hydrogens is 630 g/mol. The third-order valence-corrected chi connectivity index (χ3v) is 9.49. The molecule has 244 valence electrons. The Hall–Kier alpha value is -5.34. The number of ether oxygens (including phenoxy) is 1. The number of carbonyl (C=O) groups is 3. The lowest BCUT2D eigenvalue weighted by molar-refractivity contribution is -0.405. The van der Waals surface area contributed by atoms with Crippen molar-refractivity contribution >= 4 is 63.3 Å². The lowest BCUT2D eigenvalue weighted by Crippen LogP contribution is -2.44. The number of hydrogen-bond donors (Lipinski definition) is 0. The van der Waals surface area contributed by atoms with Crippen LogP contribution in [0.15, 0.2) is 61.1 Å². The van der Waals surface area contributed by atoms with Crippen LogP contribution in [0.2, 0.25) is 5.02 Å². The van der Waals surface area contributed by atoms with Crippen LogP contribution in [0.25, 0.3) is 21.9 Å². The fraction of sp³-hybridized carbons (Fsp3) is 0.306. The minimum Gasteiger partial charge on any atom is -0.497 e. The SMILES string of the molecule is COc1ccc2c(c1)c(CC(=O)n1ccc3c(/[N+](C)=C\C4CN(C(=O)CC#N)CC[C@H]4C)ncnc31)c(C)n2C(=O)c1ccc(Cl)cc1. The molecule has 0 spiro atoms. The van der Waals surface area contributed by atoms with Crippen LogP contribution in [0.3, 0.4) is 0 Å². The number of nitriles is 1. The molecule has 1 fully saturated rings. The Morgan fingerprint density at radius 2 is 1.88 bits per heavy atom. The molecule has 11 nitrogen and oxygen atoms in total. The van der Waals surface area contributed by atoms with Gasteiger partial charge in [0.2, 0.25) is 18.1 Å². The molecule has 1 saturated heterocycles. The molecule has 1 aliphatic rings. The van der Waals surface area contributed by atoms with E-state index in [0.717, 1.165) is 11.8 Å². The number of piperidine rings is 1. The lowest BCUT2D eigenvalue weighted by atomic mass is 9.87. The van der Waals surface area contributed by atoms with Gasteiger partial charge in [-0.3, -0.25) is 23.5 Å². The van der Waals surface area contributed by atoms with Crippen LogP contribution in [0.4, 0.5) is 5.82 Å². The summed E-state index contributed by atoms with van der Waals surface area (Å²) in [6.45, 7) is 5.16. The van der Waals surface area contributed by atoms with Crippen molar-refractivity contribution in [1.82, 2.24) is 24.0 Å². The van der Waals surface area contributed by atoms with E-state index >= 15 is 0 Å². The third kappa shape index (κ3) is 6.07. The predicted molar refractivity (Wildman–Crippen MR) is 182 cm³/mol. The average Bonchev–Trinajstić information content (AvgIpc) is 3.64. The highest BCUT2D eigenvalue weighted by Gasteiger charge is 2.30. The summed E-state index contributed by atoms with van der Waals surface area (Å²) < 4.78 is 10.6. The molecular formula is C36H35ClN7O4+. The zero-order chi connectivity index (χ0) is 34.1. The molecule has 12 heteroatoms. The normalized spacial score (nSPS) is 16.7. The zero-order valence-electron chi connectivity index (χ0n) is 27.2. The smallest absolute Gasteiger partial charge is 0.335 e. The van der Waals surface area contributed by atoms with Gasteiger partial charge in [0.05, 0.1) is 38.4 Å². The first-order valence-corrected chi connectivity index (χ1v) is 16.0. The molecule has 1 aliphatic heterocycles. The summed E-state index contributed by atoms with van der Waals surface area (Å²) >= 11 is 6.07. The Morgan fingerprint density at radius 1 is 1.10 bits per heavy atom. The van der Waals surface area contributed by atoms with E-state index in [-0.39, 0.29) is 36.5 Å². The van der Waals surface area contributed by atoms with Crippen molar-refractivity contribution < 1.29 is 23.7 Å². The molecule has 0 saturated carbocycles. The van der Waals surface area contributed by atoms with Crippen molar-refractivity contribution in [2.24, 2.45) is 11.8 Å². The summed E-state index contributed by atoms with van der Waals surface area (Å²) in [6.07, 6.45) is 5.90. The largest absolute Gasteiger partial charge is 0.497 e. The number of carbonyl (C=O) groups excluding carboxylic acids is 3. The van der Waals surface area contributed by atoms with Crippen molar-refractivity contribution in [3.05, 3.63) is 82.9 Å². The van der Waals surface area contributed by atoms with Crippen molar-refractivity contribution in [3.63, 3.8) is 0 Å². The summed E-state index contributed by atoms with van der Waals surface area (Å²) in [6, 6.07) is 15.9. The van der Waals surface area contributed by atoms with Gasteiger partial charge in [-0.25, -0.2) is 4.58 Å². The molecule has 2 atom stereocenters. The van der Waals surface area contributed by atoms with Gasteiger partial charge < -0.3 is 9.64 Å². The van der Waals surface area contributed by atoms with Gasteiger partial charge in [-0.05, 0) is 78.3 Å². The monoisotopic (exact) mass is 664 g/mol. The van der Waals surface area contributed by atoms with Gasteiger partial charge in [0, 0.05) is 46.9 Å². The topological polar surface area (TPSA) is 126 Å². The number of likely N-dealkylation sites (tertiary alicyclic amines) is 1. The van der Waals surface area contributed by atoms with Crippen LogP contribution in [-0.4, -0.2) is 79.8 Å². The van der Waals surface area contributed by atoms with E-state index in [1.54, 1.807) is 53.1 Å². The molecule has 0 bridgehead atoms. The van der Waals surface area contributed by atoms with Gasteiger partial charge in [-0.15, -0.1) is 0 Å². The quantitative estimate of drug-likeness (QED) is 0.162. The number of halogens is 1. The molecule has 1 amide bonds. The summed E-state index contributed by atoms with van der Waals surface area (Å²) in [7, 11) is 3.47. The highest BCUT2D eigenvalue weighted by Crippen LogP contribution is 2.32. The standard InChI is InChI=1S/C36H35ClN7O4/c1-22-12-15-42(32(45)11-14-38)20-25(22)19-41(3)34-28-13-16-43(35(28)40-21-39-34)33(46)18-29-23(2)44(31-10-9-27(48-4)17-30(29)31)36(47)24-5-7-26(37)8-6-24/h5-10,13,16-17,19,21-22,25H,11-12,15,18,20H2,1-4H3/q+1/b41-19-/t22-,25?/m1/s1. The van der Waals surface area contributed by atoms with E-state index in [1.807, 2.05) is 42.8 Å². The minimum absolute atomic E-state index is 0.00757. The van der Waals surface area contributed by atoms with Crippen molar-refractivity contribution in [2.75, 3.05) is 27.2 Å². The van der Waals surface area contributed by atoms with Gasteiger partial charge >= 0.3 is 5.82 Å². The zero-order valence-corrected chi connectivity index (χ0v) is 27.9. The fourth-order valence-electron chi connectivity index (χ4n) is 6.51.